The van der Waals surface area contributed by atoms with Gasteiger partial charge in [-0.3, -0.25) is 0 Å². The maximum absolute atomic E-state index is 11.3. The van der Waals surface area contributed by atoms with Gasteiger partial charge in [0.25, 0.3) is 0 Å². The number of ether oxygens (including phenoxy) is 2. The van der Waals surface area contributed by atoms with Crippen LogP contribution in [0.1, 0.15) is 34.1 Å². The predicted octanol–water partition coefficient (Wildman–Crippen LogP) is 2.85. The number of alkyl halides is 1. The van der Waals surface area contributed by atoms with Gasteiger partial charge >= 0.3 is 11.9 Å². The van der Waals surface area contributed by atoms with Gasteiger partial charge in [-0.2, -0.15) is 0 Å². The van der Waals surface area contributed by atoms with Gasteiger partial charge in [0.05, 0.1) is 6.61 Å². The summed E-state index contributed by atoms with van der Waals surface area (Å²) in [6, 6.07) is 0. The lowest BCUT2D eigenvalue weighted by atomic mass is 10.1. The molecule has 0 aromatic carbocycles. The van der Waals surface area contributed by atoms with Gasteiger partial charge in [0.1, 0.15) is 5.60 Å². The number of hydrogen-bond donors (Lipinski definition) is 0. The molecule has 1 atom stereocenters. The number of hydrogen-bond acceptors (Lipinski definition) is 4. The Morgan fingerprint density at radius 3 is 2.22 bits per heavy atom. The predicted molar refractivity (Wildman–Crippen MR) is 73.5 cm³/mol. The highest BCUT2D eigenvalue weighted by Crippen LogP contribution is 2.08. The van der Waals surface area contributed by atoms with Crippen molar-refractivity contribution in [3.05, 3.63) is 12.2 Å². The smallest absolute Gasteiger partial charge is 0.331 e. The van der Waals surface area contributed by atoms with Crippen LogP contribution < -0.4 is 0 Å². The molecule has 0 bridgehead atoms. The summed E-state index contributed by atoms with van der Waals surface area (Å²) in [7, 11) is 0. The van der Waals surface area contributed by atoms with Gasteiger partial charge in [0.15, 0.2) is 0 Å². The normalized spacial score (nSPS) is 13.4. The zero-order valence-corrected chi connectivity index (χ0v) is 13.0. The van der Waals surface area contributed by atoms with E-state index >= 15 is 0 Å². The van der Waals surface area contributed by atoms with Crippen molar-refractivity contribution >= 4 is 27.9 Å². The van der Waals surface area contributed by atoms with E-state index in [0.29, 0.717) is 12.5 Å². The molecule has 0 fully saturated rings. The van der Waals surface area contributed by atoms with Crippen LogP contribution in [-0.2, 0) is 19.1 Å². The molecule has 4 nitrogen and oxygen atoms in total. The summed E-state index contributed by atoms with van der Waals surface area (Å²) < 4.78 is 10.0. The van der Waals surface area contributed by atoms with Crippen LogP contribution in [0.5, 0.6) is 0 Å². The second-order valence-electron chi connectivity index (χ2n) is 4.93. The molecule has 0 aliphatic carbocycles. The monoisotopic (exact) mass is 320 g/mol. The molecule has 0 saturated carbocycles. The molecule has 0 aromatic heterocycles. The van der Waals surface area contributed by atoms with Gasteiger partial charge in [-0.1, -0.05) is 22.9 Å². The van der Waals surface area contributed by atoms with Crippen LogP contribution in [0.4, 0.5) is 0 Å². The topological polar surface area (TPSA) is 52.6 Å². The van der Waals surface area contributed by atoms with Crippen molar-refractivity contribution in [1.29, 1.82) is 0 Å². The van der Waals surface area contributed by atoms with Crippen molar-refractivity contribution in [2.24, 2.45) is 5.92 Å². The van der Waals surface area contributed by atoms with Crippen molar-refractivity contribution in [3.63, 3.8) is 0 Å². The molecule has 0 heterocycles. The Hall–Kier alpha value is -0.840. The first-order valence-electron chi connectivity index (χ1n) is 5.92. The number of carbonyl (C=O) groups excluding carboxylic acids is 2. The second-order valence-corrected chi connectivity index (χ2v) is 5.57. The Labute approximate surface area is 117 Å². The van der Waals surface area contributed by atoms with E-state index in [9.17, 15) is 9.59 Å². The molecule has 0 amide bonds. The molecule has 0 saturated heterocycles. The highest BCUT2D eigenvalue weighted by molar-refractivity contribution is 9.09. The van der Waals surface area contributed by atoms with Crippen molar-refractivity contribution < 1.29 is 19.1 Å². The van der Waals surface area contributed by atoms with Crippen molar-refractivity contribution in [1.82, 2.24) is 0 Å². The standard InChI is InChI=1S/C13H21BrO4/c1-5-10(8-14)9-17-11(15)6-7-12(16)18-13(2,3)4/h6-7,10H,5,8-9H2,1-4H3/b7-6+/t10-/m1/s1. The average Bonchev–Trinajstić information content (AvgIpc) is 2.25. The first kappa shape index (κ1) is 17.2. The molecule has 0 aliphatic heterocycles. The number of esters is 2. The van der Waals surface area contributed by atoms with Crippen LogP contribution in [-0.4, -0.2) is 29.5 Å². The van der Waals surface area contributed by atoms with E-state index in [0.717, 1.165) is 23.9 Å². The lowest BCUT2D eigenvalue weighted by Gasteiger charge is -2.17. The largest absolute Gasteiger partial charge is 0.462 e. The number of carbonyl (C=O) groups is 2. The third-order valence-corrected chi connectivity index (χ3v) is 2.93. The fraction of sp³-hybridized carbons (Fsp3) is 0.692. The van der Waals surface area contributed by atoms with Crippen molar-refractivity contribution in [2.75, 3.05) is 11.9 Å². The SMILES string of the molecule is CC[C@H](CBr)COC(=O)/C=C/C(=O)OC(C)(C)C. The van der Waals surface area contributed by atoms with Crippen LogP contribution in [0.15, 0.2) is 12.2 Å². The van der Waals surface area contributed by atoms with E-state index in [1.807, 2.05) is 6.92 Å². The number of rotatable bonds is 6. The molecule has 5 heteroatoms. The third kappa shape index (κ3) is 9.22. The quantitative estimate of drug-likeness (QED) is 0.429. The Morgan fingerprint density at radius 1 is 1.22 bits per heavy atom. The zero-order chi connectivity index (χ0) is 14.2. The minimum atomic E-state index is -0.561. The van der Waals surface area contributed by atoms with E-state index < -0.39 is 17.5 Å². The third-order valence-electron chi connectivity index (χ3n) is 2.02. The van der Waals surface area contributed by atoms with Gasteiger partial charge in [0.2, 0.25) is 0 Å². The zero-order valence-electron chi connectivity index (χ0n) is 11.4. The van der Waals surface area contributed by atoms with E-state index in [4.69, 9.17) is 9.47 Å². The van der Waals surface area contributed by atoms with E-state index in [1.165, 1.54) is 0 Å². The summed E-state index contributed by atoms with van der Waals surface area (Å²) in [6.07, 6.45) is 3.10. The second kappa shape index (κ2) is 8.29. The molecule has 18 heavy (non-hydrogen) atoms. The average molecular weight is 321 g/mol. The minimum Gasteiger partial charge on any atom is -0.462 e. The van der Waals surface area contributed by atoms with Crippen LogP contribution in [0.25, 0.3) is 0 Å². The van der Waals surface area contributed by atoms with Crippen LogP contribution in [0, 0.1) is 5.92 Å². The summed E-state index contributed by atoms with van der Waals surface area (Å²) in [6.45, 7) is 7.66. The Morgan fingerprint density at radius 2 is 1.78 bits per heavy atom. The lowest BCUT2D eigenvalue weighted by Crippen LogP contribution is -2.22. The maximum atomic E-state index is 11.3. The summed E-state index contributed by atoms with van der Waals surface area (Å²) in [5.74, 6) is -0.781. The Kier molecular flexibility index (Phi) is 7.91. The van der Waals surface area contributed by atoms with Gasteiger partial charge in [0, 0.05) is 23.4 Å². The molecular formula is C13H21BrO4. The fourth-order valence-electron chi connectivity index (χ4n) is 0.991. The van der Waals surface area contributed by atoms with E-state index in [1.54, 1.807) is 20.8 Å². The molecule has 0 N–H and O–H groups in total. The fourth-order valence-corrected chi connectivity index (χ4v) is 1.64. The molecule has 0 aliphatic rings. The molecule has 0 rings (SSSR count). The number of halogens is 1. The molecule has 0 radical (unpaired) electrons. The molecule has 0 aromatic rings. The van der Waals surface area contributed by atoms with Gasteiger partial charge in [-0.05, 0) is 27.2 Å². The van der Waals surface area contributed by atoms with Crippen molar-refractivity contribution in [2.45, 2.75) is 39.7 Å². The summed E-state index contributed by atoms with van der Waals surface area (Å²) in [5, 5.41) is 0.784. The minimum absolute atomic E-state index is 0.295. The Bertz CT molecular complexity index is 301. The molecule has 0 unspecified atom stereocenters. The van der Waals surface area contributed by atoms with Crippen LogP contribution in [0.2, 0.25) is 0 Å². The first-order chi connectivity index (χ1) is 8.28. The van der Waals surface area contributed by atoms with Crippen LogP contribution in [0.3, 0.4) is 0 Å². The van der Waals surface area contributed by atoms with E-state index in [2.05, 4.69) is 15.9 Å². The highest BCUT2D eigenvalue weighted by Gasteiger charge is 2.14. The summed E-state index contributed by atoms with van der Waals surface area (Å²) in [5.41, 5.74) is -0.561. The van der Waals surface area contributed by atoms with Crippen LogP contribution >= 0.6 is 15.9 Å². The maximum Gasteiger partial charge on any atom is 0.331 e. The summed E-state index contributed by atoms with van der Waals surface area (Å²) in [4.78, 5) is 22.6. The lowest BCUT2D eigenvalue weighted by molar-refractivity contribution is -0.149. The Balaban J connectivity index is 4.04. The van der Waals surface area contributed by atoms with E-state index in [-0.39, 0.29) is 0 Å². The molecular weight excluding hydrogens is 300 g/mol. The first-order valence-corrected chi connectivity index (χ1v) is 7.04. The van der Waals surface area contributed by atoms with Gasteiger partial charge < -0.3 is 9.47 Å². The highest BCUT2D eigenvalue weighted by atomic mass is 79.9. The summed E-state index contributed by atoms with van der Waals surface area (Å²) >= 11 is 3.34. The molecule has 0 spiro atoms. The van der Waals surface area contributed by atoms with Crippen molar-refractivity contribution in [3.8, 4) is 0 Å². The van der Waals surface area contributed by atoms with Gasteiger partial charge in [-0.15, -0.1) is 0 Å². The molecule has 104 valence electrons. The van der Waals surface area contributed by atoms with Gasteiger partial charge in [-0.25, -0.2) is 9.59 Å².